The highest BCUT2D eigenvalue weighted by Crippen LogP contribution is 2.16. The molecular formula is C9H15NOS. The number of hydrogen-bond donors (Lipinski definition) is 1. The van der Waals surface area contributed by atoms with Gasteiger partial charge in [0, 0.05) is 17.4 Å². The summed E-state index contributed by atoms with van der Waals surface area (Å²) in [7, 11) is 0. The zero-order valence-corrected chi connectivity index (χ0v) is 8.14. The highest BCUT2D eigenvalue weighted by atomic mass is 32.2. The van der Waals surface area contributed by atoms with E-state index in [2.05, 4.69) is 6.92 Å². The average Bonchev–Trinajstić information content (AvgIpc) is 2.56. The van der Waals surface area contributed by atoms with Crippen molar-refractivity contribution >= 4 is 11.8 Å². The molecule has 0 saturated heterocycles. The van der Waals surface area contributed by atoms with Gasteiger partial charge in [-0.05, 0) is 18.2 Å². The maximum atomic E-state index is 5.90. The van der Waals surface area contributed by atoms with Crippen molar-refractivity contribution in [3.05, 3.63) is 24.2 Å². The monoisotopic (exact) mass is 185 g/mol. The molecule has 0 aliphatic heterocycles. The van der Waals surface area contributed by atoms with Gasteiger partial charge < -0.3 is 10.2 Å². The summed E-state index contributed by atoms with van der Waals surface area (Å²) in [6.07, 6.45) is 4.60. The van der Waals surface area contributed by atoms with E-state index in [-0.39, 0.29) is 6.04 Å². The van der Waals surface area contributed by atoms with E-state index in [0.29, 0.717) is 0 Å². The molecule has 1 rings (SSSR count). The Kier molecular flexibility index (Phi) is 4.25. The molecule has 0 bridgehead atoms. The minimum Gasteiger partial charge on any atom is -0.472 e. The summed E-state index contributed by atoms with van der Waals surface area (Å²) in [6.45, 7) is 2.18. The van der Waals surface area contributed by atoms with E-state index >= 15 is 0 Å². The van der Waals surface area contributed by atoms with Gasteiger partial charge in [-0.3, -0.25) is 0 Å². The van der Waals surface area contributed by atoms with Crippen LogP contribution < -0.4 is 5.73 Å². The Balaban J connectivity index is 2.25. The lowest BCUT2D eigenvalue weighted by Crippen LogP contribution is -2.12. The van der Waals surface area contributed by atoms with Gasteiger partial charge >= 0.3 is 0 Å². The van der Waals surface area contributed by atoms with Gasteiger partial charge in [-0.25, -0.2) is 0 Å². The van der Waals surface area contributed by atoms with E-state index in [1.807, 2.05) is 17.8 Å². The number of furan rings is 1. The van der Waals surface area contributed by atoms with E-state index in [4.69, 9.17) is 10.2 Å². The summed E-state index contributed by atoms with van der Waals surface area (Å²) in [4.78, 5) is 0. The van der Waals surface area contributed by atoms with E-state index in [9.17, 15) is 0 Å². The van der Waals surface area contributed by atoms with Crippen LogP contribution in [0, 0.1) is 0 Å². The van der Waals surface area contributed by atoms with E-state index < -0.39 is 0 Å². The molecule has 0 aliphatic carbocycles. The van der Waals surface area contributed by atoms with Crippen molar-refractivity contribution in [2.24, 2.45) is 5.73 Å². The highest BCUT2D eigenvalue weighted by molar-refractivity contribution is 7.99. The minimum atomic E-state index is 0.125. The topological polar surface area (TPSA) is 39.2 Å². The molecule has 0 aromatic carbocycles. The maximum absolute atomic E-state index is 5.90. The van der Waals surface area contributed by atoms with Crippen LogP contribution in [0.2, 0.25) is 0 Å². The molecule has 0 amide bonds. The van der Waals surface area contributed by atoms with Gasteiger partial charge in [0.2, 0.25) is 0 Å². The third kappa shape index (κ3) is 2.91. The summed E-state index contributed by atoms with van der Waals surface area (Å²) in [6, 6.07) is 2.05. The van der Waals surface area contributed by atoms with Crippen molar-refractivity contribution in [2.45, 2.75) is 19.4 Å². The second kappa shape index (κ2) is 5.27. The fraction of sp³-hybridized carbons (Fsp3) is 0.556. The lowest BCUT2D eigenvalue weighted by molar-refractivity contribution is 0.561. The van der Waals surface area contributed by atoms with Crippen LogP contribution in [0.5, 0.6) is 0 Å². The van der Waals surface area contributed by atoms with Crippen LogP contribution in [-0.2, 0) is 0 Å². The van der Waals surface area contributed by atoms with Gasteiger partial charge in [0.25, 0.3) is 0 Å². The first-order valence-electron chi connectivity index (χ1n) is 4.20. The number of rotatable bonds is 5. The van der Waals surface area contributed by atoms with Crippen LogP contribution in [0.4, 0.5) is 0 Å². The van der Waals surface area contributed by atoms with E-state index in [1.54, 1.807) is 12.5 Å². The zero-order valence-electron chi connectivity index (χ0n) is 7.32. The molecule has 0 radical (unpaired) electrons. The van der Waals surface area contributed by atoms with Gasteiger partial charge in [0.05, 0.1) is 12.5 Å². The lowest BCUT2D eigenvalue weighted by Gasteiger charge is -2.07. The number of hydrogen-bond acceptors (Lipinski definition) is 3. The Morgan fingerprint density at radius 1 is 1.67 bits per heavy atom. The van der Waals surface area contributed by atoms with Crippen LogP contribution in [0.15, 0.2) is 23.0 Å². The van der Waals surface area contributed by atoms with Crippen LogP contribution in [0.25, 0.3) is 0 Å². The Bertz CT molecular complexity index is 198. The molecule has 2 nitrogen and oxygen atoms in total. The standard InChI is InChI=1S/C9H15NOS/c1-2-5-12-7-9(10)8-3-4-11-6-8/h3-4,6,9H,2,5,7,10H2,1H3. The van der Waals surface area contributed by atoms with E-state index in [1.165, 1.54) is 12.2 Å². The smallest absolute Gasteiger partial charge is 0.0950 e. The Morgan fingerprint density at radius 2 is 2.50 bits per heavy atom. The van der Waals surface area contributed by atoms with Crippen molar-refractivity contribution < 1.29 is 4.42 Å². The third-order valence-corrected chi connectivity index (χ3v) is 2.91. The first-order valence-corrected chi connectivity index (χ1v) is 5.35. The first kappa shape index (κ1) is 9.68. The molecule has 0 fully saturated rings. The molecule has 0 aliphatic rings. The number of nitrogens with two attached hydrogens (primary N) is 1. The molecule has 0 saturated carbocycles. The summed E-state index contributed by atoms with van der Waals surface area (Å²) < 4.78 is 4.95. The molecule has 1 unspecified atom stereocenters. The van der Waals surface area contributed by atoms with Crippen LogP contribution in [-0.4, -0.2) is 11.5 Å². The summed E-state index contributed by atoms with van der Waals surface area (Å²) in [5.74, 6) is 2.17. The van der Waals surface area contributed by atoms with Gasteiger partial charge in [-0.2, -0.15) is 11.8 Å². The van der Waals surface area contributed by atoms with Crippen molar-refractivity contribution in [1.82, 2.24) is 0 Å². The van der Waals surface area contributed by atoms with Crippen LogP contribution >= 0.6 is 11.8 Å². The molecule has 3 heteroatoms. The van der Waals surface area contributed by atoms with Crippen molar-refractivity contribution in [1.29, 1.82) is 0 Å². The molecule has 1 aromatic heterocycles. The van der Waals surface area contributed by atoms with Gasteiger partial charge in [0.15, 0.2) is 0 Å². The predicted octanol–water partition coefficient (Wildman–Crippen LogP) is 2.42. The molecule has 1 atom stereocenters. The molecule has 1 heterocycles. The van der Waals surface area contributed by atoms with Gasteiger partial charge in [-0.15, -0.1) is 0 Å². The van der Waals surface area contributed by atoms with Crippen molar-refractivity contribution in [2.75, 3.05) is 11.5 Å². The quantitative estimate of drug-likeness (QED) is 0.716. The summed E-state index contributed by atoms with van der Waals surface area (Å²) in [5, 5.41) is 0. The fourth-order valence-electron chi connectivity index (χ4n) is 0.937. The molecule has 1 aromatic rings. The predicted molar refractivity (Wildman–Crippen MR) is 53.3 cm³/mol. The molecular weight excluding hydrogens is 170 g/mol. The molecule has 2 N–H and O–H groups in total. The second-order valence-electron chi connectivity index (χ2n) is 2.74. The largest absolute Gasteiger partial charge is 0.472 e. The fourth-order valence-corrected chi connectivity index (χ4v) is 1.84. The Labute approximate surface area is 77.5 Å². The number of thioether (sulfide) groups is 1. The Morgan fingerprint density at radius 3 is 3.08 bits per heavy atom. The lowest BCUT2D eigenvalue weighted by atomic mass is 10.2. The van der Waals surface area contributed by atoms with Gasteiger partial charge in [-0.1, -0.05) is 6.92 Å². The van der Waals surface area contributed by atoms with Gasteiger partial charge in [0.1, 0.15) is 0 Å². The van der Waals surface area contributed by atoms with Crippen molar-refractivity contribution in [3.8, 4) is 0 Å². The highest BCUT2D eigenvalue weighted by Gasteiger charge is 2.05. The SMILES string of the molecule is CCCSCC(N)c1ccoc1. The molecule has 0 spiro atoms. The van der Waals surface area contributed by atoms with Crippen molar-refractivity contribution in [3.63, 3.8) is 0 Å². The molecule has 12 heavy (non-hydrogen) atoms. The Hall–Kier alpha value is -0.410. The van der Waals surface area contributed by atoms with Crippen LogP contribution in [0.1, 0.15) is 24.9 Å². The molecule has 68 valence electrons. The van der Waals surface area contributed by atoms with E-state index in [0.717, 1.165) is 11.3 Å². The zero-order chi connectivity index (χ0) is 8.81. The maximum Gasteiger partial charge on any atom is 0.0950 e. The average molecular weight is 185 g/mol. The summed E-state index contributed by atoms with van der Waals surface area (Å²) >= 11 is 1.89. The summed E-state index contributed by atoms with van der Waals surface area (Å²) in [5.41, 5.74) is 7.00. The second-order valence-corrected chi connectivity index (χ2v) is 3.89. The first-order chi connectivity index (χ1) is 5.84. The normalized spacial score (nSPS) is 13.2. The van der Waals surface area contributed by atoms with Crippen LogP contribution in [0.3, 0.4) is 0 Å². The minimum absolute atomic E-state index is 0.125. The third-order valence-electron chi connectivity index (χ3n) is 1.62.